The van der Waals surface area contributed by atoms with Crippen molar-refractivity contribution in [3.63, 3.8) is 0 Å². The fourth-order valence-electron chi connectivity index (χ4n) is 4.50. The number of hydrogen-bond acceptors (Lipinski definition) is 4. The molecule has 7 nitrogen and oxygen atoms in total. The van der Waals surface area contributed by atoms with Crippen molar-refractivity contribution in [3.05, 3.63) is 47.5 Å². The van der Waals surface area contributed by atoms with Crippen molar-refractivity contribution < 1.29 is 18.0 Å². The van der Waals surface area contributed by atoms with Crippen LogP contribution in [0.1, 0.15) is 37.3 Å². The summed E-state index contributed by atoms with van der Waals surface area (Å²) < 4.78 is 28.8. The number of rotatable bonds is 4. The van der Waals surface area contributed by atoms with Crippen LogP contribution >= 0.6 is 0 Å². The summed E-state index contributed by atoms with van der Waals surface area (Å²) in [6.07, 6.45) is 4.21. The Morgan fingerprint density at radius 2 is 1.74 bits per heavy atom. The minimum atomic E-state index is -3.80. The molecule has 0 unspecified atom stereocenters. The van der Waals surface area contributed by atoms with E-state index in [0.29, 0.717) is 18.8 Å². The van der Waals surface area contributed by atoms with Crippen LogP contribution in [-0.2, 0) is 32.5 Å². The molecule has 1 saturated carbocycles. The van der Waals surface area contributed by atoms with E-state index in [0.717, 1.165) is 54.6 Å². The van der Waals surface area contributed by atoms with Crippen molar-refractivity contribution >= 4 is 38.9 Å². The van der Waals surface area contributed by atoms with Gasteiger partial charge >= 0.3 is 0 Å². The van der Waals surface area contributed by atoms with E-state index < -0.39 is 10.0 Å². The van der Waals surface area contributed by atoms with Gasteiger partial charge in [0.25, 0.3) is 10.0 Å². The van der Waals surface area contributed by atoms with Crippen LogP contribution in [0.5, 0.6) is 0 Å². The Kier molecular flexibility index (Phi) is 4.77. The minimum absolute atomic E-state index is 0.0434. The zero-order valence-electron chi connectivity index (χ0n) is 17.4. The van der Waals surface area contributed by atoms with E-state index in [1.807, 2.05) is 6.07 Å². The van der Waals surface area contributed by atoms with Gasteiger partial charge in [-0.25, -0.2) is 8.42 Å². The highest BCUT2D eigenvalue weighted by Gasteiger charge is 2.36. The second-order valence-electron chi connectivity index (χ2n) is 8.53. The fraction of sp³-hybridized carbons (Fsp3) is 0.391. The molecule has 1 N–H and O–H groups in total. The number of amides is 2. The summed E-state index contributed by atoms with van der Waals surface area (Å²) in [6, 6.07) is 10.3. The van der Waals surface area contributed by atoms with Gasteiger partial charge < -0.3 is 9.80 Å². The Morgan fingerprint density at radius 3 is 2.48 bits per heavy atom. The first-order chi connectivity index (χ1) is 14.8. The van der Waals surface area contributed by atoms with E-state index in [4.69, 9.17) is 0 Å². The van der Waals surface area contributed by atoms with Gasteiger partial charge in [0.05, 0.1) is 10.6 Å². The second-order valence-corrected chi connectivity index (χ2v) is 10.2. The number of anilines is 3. The molecule has 1 fully saturated rings. The van der Waals surface area contributed by atoms with Gasteiger partial charge in [0.2, 0.25) is 11.8 Å². The van der Waals surface area contributed by atoms with Crippen molar-refractivity contribution in [2.75, 3.05) is 27.6 Å². The lowest BCUT2D eigenvalue weighted by atomic mass is 10.0. The molecular formula is C23H25N3O4S. The number of carbonyl (C=O) groups is 2. The van der Waals surface area contributed by atoms with Crippen molar-refractivity contribution in [1.82, 2.24) is 0 Å². The molecule has 31 heavy (non-hydrogen) atoms. The third-order valence-electron chi connectivity index (χ3n) is 6.29. The molecule has 0 bridgehead atoms. The van der Waals surface area contributed by atoms with Gasteiger partial charge in [-0.3, -0.25) is 14.3 Å². The summed E-state index contributed by atoms with van der Waals surface area (Å²) in [5.41, 5.74) is 3.95. The highest BCUT2D eigenvalue weighted by atomic mass is 32.2. The van der Waals surface area contributed by atoms with Crippen LogP contribution in [0, 0.1) is 5.92 Å². The number of nitrogens with one attached hydrogen (secondary N) is 1. The predicted molar refractivity (Wildman–Crippen MR) is 119 cm³/mol. The summed E-state index contributed by atoms with van der Waals surface area (Å²) in [4.78, 5) is 28.1. The van der Waals surface area contributed by atoms with E-state index >= 15 is 0 Å². The lowest BCUT2D eigenvalue weighted by molar-refractivity contribution is -0.119. The highest BCUT2D eigenvalue weighted by molar-refractivity contribution is 7.92. The number of nitrogens with zero attached hydrogens (tertiary/aromatic N) is 2. The Hall–Kier alpha value is -2.87. The third-order valence-corrected chi connectivity index (χ3v) is 7.66. The predicted octanol–water partition coefficient (Wildman–Crippen LogP) is 3.09. The summed E-state index contributed by atoms with van der Waals surface area (Å²) in [6.45, 7) is 2.82. The van der Waals surface area contributed by atoms with E-state index in [-0.39, 0.29) is 22.6 Å². The molecule has 8 heteroatoms. The Morgan fingerprint density at radius 1 is 0.935 bits per heavy atom. The number of aryl methyl sites for hydroxylation is 1. The van der Waals surface area contributed by atoms with E-state index in [9.17, 15) is 18.0 Å². The minimum Gasteiger partial charge on any atom is -0.312 e. The summed E-state index contributed by atoms with van der Waals surface area (Å²) in [5, 5.41) is 0. The summed E-state index contributed by atoms with van der Waals surface area (Å²) in [7, 11) is -3.80. The molecule has 2 aromatic carbocycles. The zero-order chi connectivity index (χ0) is 21.8. The molecule has 2 amide bonds. The third kappa shape index (κ3) is 3.69. The molecule has 2 aromatic rings. The Bertz CT molecular complexity index is 1190. The Balaban J connectivity index is 1.41. The first kappa shape index (κ1) is 20.1. The van der Waals surface area contributed by atoms with Crippen LogP contribution in [0.2, 0.25) is 0 Å². The van der Waals surface area contributed by atoms with Crippen LogP contribution in [0.25, 0.3) is 0 Å². The maximum absolute atomic E-state index is 13.1. The number of fused-ring (bicyclic) bond motifs is 2. The van der Waals surface area contributed by atoms with Gasteiger partial charge in [-0.2, -0.15) is 0 Å². The first-order valence-electron chi connectivity index (χ1n) is 10.7. The van der Waals surface area contributed by atoms with Gasteiger partial charge in [0.15, 0.2) is 0 Å². The molecule has 0 atom stereocenters. The van der Waals surface area contributed by atoms with E-state index in [2.05, 4.69) is 4.72 Å². The zero-order valence-corrected chi connectivity index (χ0v) is 18.2. The Labute approximate surface area is 182 Å². The number of sulfonamides is 1. The first-order valence-corrected chi connectivity index (χ1v) is 12.2. The van der Waals surface area contributed by atoms with Gasteiger partial charge in [0.1, 0.15) is 0 Å². The van der Waals surface area contributed by atoms with E-state index in [1.54, 1.807) is 40.1 Å². The standard InChI is InChI=1S/C23H25N3O4S/c1-15(27)25-11-2-3-18-13-20(8-9-21(18)25)31(29,30)24-19-7-6-16-10-12-26(22(16)14-19)23(28)17-4-5-17/h6-9,13-14,17,24H,2-5,10-12H2,1H3. The largest absolute Gasteiger partial charge is 0.312 e. The van der Waals surface area contributed by atoms with Crippen LogP contribution in [0.4, 0.5) is 17.1 Å². The quantitative estimate of drug-likeness (QED) is 0.793. The normalized spacial score (nSPS) is 17.8. The van der Waals surface area contributed by atoms with E-state index in [1.165, 1.54) is 6.92 Å². The summed E-state index contributed by atoms with van der Waals surface area (Å²) >= 11 is 0. The van der Waals surface area contributed by atoms with Gasteiger partial charge in [-0.15, -0.1) is 0 Å². The summed E-state index contributed by atoms with van der Waals surface area (Å²) in [5.74, 6) is 0.220. The highest BCUT2D eigenvalue weighted by Crippen LogP contribution is 2.38. The van der Waals surface area contributed by atoms with Crippen LogP contribution in [-0.4, -0.2) is 33.3 Å². The molecule has 3 aliphatic rings. The van der Waals surface area contributed by atoms with Crippen molar-refractivity contribution in [1.29, 1.82) is 0 Å². The molecular weight excluding hydrogens is 414 g/mol. The maximum Gasteiger partial charge on any atom is 0.261 e. The van der Waals surface area contributed by atoms with Crippen molar-refractivity contribution in [2.24, 2.45) is 5.92 Å². The average molecular weight is 440 g/mol. The fourth-order valence-corrected chi connectivity index (χ4v) is 5.60. The molecule has 0 aromatic heterocycles. The van der Waals surface area contributed by atoms with Gasteiger partial charge in [0, 0.05) is 37.3 Å². The molecule has 2 aliphatic heterocycles. The lowest BCUT2D eigenvalue weighted by Crippen LogP contribution is -2.33. The number of benzene rings is 2. The molecule has 0 saturated heterocycles. The average Bonchev–Trinajstić information content (AvgIpc) is 3.52. The second kappa shape index (κ2) is 7.37. The van der Waals surface area contributed by atoms with Crippen molar-refractivity contribution in [3.8, 4) is 0 Å². The topological polar surface area (TPSA) is 86.8 Å². The SMILES string of the molecule is CC(=O)N1CCCc2cc(S(=O)(=O)Nc3ccc4c(c3)N(C(=O)C3CC3)CC4)ccc21. The van der Waals surface area contributed by atoms with Crippen molar-refractivity contribution in [2.45, 2.75) is 43.9 Å². The smallest absolute Gasteiger partial charge is 0.261 e. The monoisotopic (exact) mass is 439 g/mol. The number of carbonyl (C=O) groups excluding carboxylic acids is 2. The molecule has 2 heterocycles. The maximum atomic E-state index is 13.1. The van der Waals surface area contributed by atoms with Crippen LogP contribution in [0.15, 0.2) is 41.3 Å². The molecule has 0 radical (unpaired) electrons. The molecule has 162 valence electrons. The number of hydrogen-bond donors (Lipinski definition) is 1. The molecule has 5 rings (SSSR count). The van der Waals surface area contributed by atoms with Crippen LogP contribution in [0.3, 0.4) is 0 Å². The molecule has 0 spiro atoms. The van der Waals surface area contributed by atoms with Crippen LogP contribution < -0.4 is 14.5 Å². The van der Waals surface area contributed by atoms with Gasteiger partial charge in [-0.05, 0) is 73.6 Å². The lowest BCUT2D eigenvalue weighted by Gasteiger charge is -2.28. The molecule has 1 aliphatic carbocycles. The van der Waals surface area contributed by atoms with Gasteiger partial charge in [-0.1, -0.05) is 6.07 Å².